The van der Waals surface area contributed by atoms with E-state index in [0.717, 1.165) is 31.7 Å². The lowest BCUT2D eigenvalue weighted by Crippen LogP contribution is -2.48. The van der Waals surface area contributed by atoms with E-state index in [1.807, 2.05) is 0 Å². The lowest BCUT2D eigenvalue weighted by molar-refractivity contribution is 0.140. The zero-order valence-corrected chi connectivity index (χ0v) is 11.4. The summed E-state index contributed by atoms with van der Waals surface area (Å²) in [5, 5.41) is 0. The van der Waals surface area contributed by atoms with Crippen molar-refractivity contribution in [2.75, 3.05) is 32.7 Å². The van der Waals surface area contributed by atoms with Crippen LogP contribution in [0.4, 0.5) is 8.78 Å². The van der Waals surface area contributed by atoms with Gasteiger partial charge in [0.1, 0.15) is 0 Å². The van der Waals surface area contributed by atoms with Crippen LogP contribution in [-0.4, -0.2) is 47.5 Å². The summed E-state index contributed by atoms with van der Waals surface area (Å²) in [5.41, 5.74) is 6.30. The predicted molar refractivity (Wildman–Crippen MR) is 74.9 cm³/mol. The smallest absolute Gasteiger partial charge is 0.159 e. The van der Waals surface area contributed by atoms with Crippen molar-refractivity contribution in [2.45, 2.75) is 6.54 Å². The van der Waals surface area contributed by atoms with E-state index in [2.05, 4.69) is 9.80 Å². The molecule has 3 nitrogen and oxygen atoms in total. The second kappa shape index (κ2) is 6.36. The van der Waals surface area contributed by atoms with Crippen LogP contribution in [0, 0.1) is 11.6 Å². The van der Waals surface area contributed by atoms with E-state index in [-0.39, 0.29) is 0 Å². The molecule has 19 heavy (non-hydrogen) atoms. The maximum atomic E-state index is 13.1. The Morgan fingerprint density at radius 2 is 1.74 bits per heavy atom. The minimum atomic E-state index is -0.801. The summed E-state index contributed by atoms with van der Waals surface area (Å²) in [6.45, 7) is 4.82. The highest BCUT2D eigenvalue weighted by Gasteiger charge is 2.17. The predicted octanol–water partition coefficient (Wildman–Crippen LogP) is 1.37. The summed E-state index contributed by atoms with van der Waals surface area (Å²) in [5.74, 6) is -1.59. The molecule has 104 valence electrons. The molecule has 0 radical (unpaired) electrons. The molecule has 0 amide bonds. The van der Waals surface area contributed by atoms with Gasteiger partial charge in [-0.2, -0.15) is 0 Å². The van der Waals surface area contributed by atoms with E-state index in [4.69, 9.17) is 18.0 Å². The summed E-state index contributed by atoms with van der Waals surface area (Å²) in [7, 11) is 0. The fourth-order valence-corrected chi connectivity index (χ4v) is 2.40. The summed E-state index contributed by atoms with van der Waals surface area (Å²) in [6, 6.07) is 4.06. The number of nitrogens with zero attached hydrogens (tertiary/aromatic N) is 2. The molecular formula is C13H17F2N3S. The molecule has 0 atom stereocenters. The van der Waals surface area contributed by atoms with Gasteiger partial charge >= 0.3 is 0 Å². The molecule has 2 rings (SSSR count). The molecule has 1 heterocycles. The molecule has 1 aromatic rings. The van der Waals surface area contributed by atoms with Crippen molar-refractivity contribution in [3.05, 3.63) is 35.4 Å². The minimum absolute atomic E-state index is 0.508. The van der Waals surface area contributed by atoms with Crippen LogP contribution >= 0.6 is 12.2 Å². The van der Waals surface area contributed by atoms with Crippen LogP contribution in [0.5, 0.6) is 0 Å². The lowest BCUT2D eigenvalue weighted by atomic mass is 10.2. The van der Waals surface area contributed by atoms with E-state index >= 15 is 0 Å². The third-order valence-corrected chi connectivity index (χ3v) is 3.36. The van der Waals surface area contributed by atoms with Gasteiger partial charge in [0, 0.05) is 39.3 Å². The first-order valence-corrected chi connectivity index (χ1v) is 6.62. The van der Waals surface area contributed by atoms with Gasteiger partial charge in [-0.25, -0.2) is 8.78 Å². The van der Waals surface area contributed by atoms with Crippen molar-refractivity contribution in [1.29, 1.82) is 0 Å². The highest BCUT2D eigenvalue weighted by atomic mass is 32.1. The van der Waals surface area contributed by atoms with Crippen molar-refractivity contribution in [1.82, 2.24) is 9.80 Å². The summed E-state index contributed by atoms with van der Waals surface area (Å²) < 4.78 is 25.9. The van der Waals surface area contributed by atoms with Crippen LogP contribution < -0.4 is 5.73 Å². The Morgan fingerprint density at radius 1 is 1.11 bits per heavy atom. The summed E-state index contributed by atoms with van der Waals surface area (Å²) >= 11 is 4.88. The van der Waals surface area contributed by atoms with Gasteiger partial charge in [0.15, 0.2) is 11.6 Å². The van der Waals surface area contributed by atoms with E-state index in [1.165, 1.54) is 12.1 Å². The van der Waals surface area contributed by atoms with Crippen LogP contribution in [0.25, 0.3) is 0 Å². The van der Waals surface area contributed by atoms with Crippen molar-refractivity contribution < 1.29 is 8.78 Å². The second-order valence-corrected chi connectivity index (χ2v) is 5.29. The van der Waals surface area contributed by atoms with E-state index in [0.29, 0.717) is 18.1 Å². The van der Waals surface area contributed by atoms with Crippen molar-refractivity contribution >= 4 is 17.2 Å². The van der Waals surface area contributed by atoms with Gasteiger partial charge in [-0.15, -0.1) is 0 Å². The van der Waals surface area contributed by atoms with Gasteiger partial charge in [-0.3, -0.25) is 9.80 Å². The first-order chi connectivity index (χ1) is 9.04. The molecule has 1 aliphatic heterocycles. The van der Waals surface area contributed by atoms with Crippen molar-refractivity contribution in [3.8, 4) is 0 Å². The van der Waals surface area contributed by atoms with E-state index < -0.39 is 11.6 Å². The molecule has 1 aromatic carbocycles. The average Bonchev–Trinajstić information content (AvgIpc) is 2.36. The Hall–Kier alpha value is -1.11. The second-order valence-electron chi connectivity index (χ2n) is 4.77. The number of hydrogen-bond acceptors (Lipinski definition) is 3. The van der Waals surface area contributed by atoms with Crippen molar-refractivity contribution in [3.63, 3.8) is 0 Å². The quantitative estimate of drug-likeness (QED) is 0.847. The van der Waals surface area contributed by atoms with Gasteiger partial charge < -0.3 is 5.73 Å². The fourth-order valence-electron chi connectivity index (χ4n) is 2.22. The molecule has 6 heteroatoms. The normalized spacial score (nSPS) is 17.6. The van der Waals surface area contributed by atoms with Gasteiger partial charge in [-0.1, -0.05) is 18.3 Å². The number of rotatable bonds is 4. The highest BCUT2D eigenvalue weighted by molar-refractivity contribution is 7.80. The number of benzene rings is 1. The van der Waals surface area contributed by atoms with E-state index in [1.54, 1.807) is 6.07 Å². The third-order valence-electron chi connectivity index (χ3n) is 3.23. The van der Waals surface area contributed by atoms with E-state index in [9.17, 15) is 8.78 Å². The molecule has 1 fully saturated rings. The molecule has 0 spiro atoms. The minimum Gasteiger partial charge on any atom is -0.392 e. The zero-order valence-electron chi connectivity index (χ0n) is 10.6. The number of hydrogen-bond donors (Lipinski definition) is 1. The monoisotopic (exact) mass is 285 g/mol. The van der Waals surface area contributed by atoms with Crippen LogP contribution in [0.15, 0.2) is 18.2 Å². The van der Waals surface area contributed by atoms with Gasteiger partial charge in [0.05, 0.1) is 4.99 Å². The van der Waals surface area contributed by atoms with Crippen LogP contribution in [-0.2, 0) is 6.54 Å². The maximum Gasteiger partial charge on any atom is 0.159 e. The highest BCUT2D eigenvalue weighted by Crippen LogP contribution is 2.12. The van der Waals surface area contributed by atoms with Crippen LogP contribution in [0.1, 0.15) is 5.56 Å². The van der Waals surface area contributed by atoms with Crippen molar-refractivity contribution in [2.24, 2.45) is 5.73 Å². The molecule has 1 saturated heterocycles. The molecule has 0 aliphatic carbocycles. The molecule has 0 bridgehead atoms. The third kappa shape index (κ3) is 4.19. The van der Waals surface area contributed by atoms with Crippen LogP contribution in [0.3, 0.4) is 0 Å². The van der Waals surface area contributed by atoms with Gasteiger partial charge in [0.25, 0.3) is 0 Å². The average molecular weight is 285 g/mol. The summed E-state index contributed by atoms with van der Waals surface area (Å²) in [4.78, 5) is 4.92. The Bertz CT molecular complexity index is 459. The Balaban J connectivity index is 1.85. The Morgan fingerprint density at radius 3 is 2.32 bits per heavy atom. The number of halogens is 2. The Labute approximate surface area is 117 Å². The first kappa shape index (κ1) is 14.3. The maximum absolute atomic E-state index is 13.1. The molecule has 0 unspecified atom stereocenters. The van der Waals surface area contributed by atoms with Gasteiger partial charge in [-0.05, 0) is 17.7 Å². The topological polar surface area (TPSA) is 32.5 Å². The molecule has 0 saturated carbocycles. The number of thiocarbonyl (C=S) groups is 1. The fraction of sp³-hybridized carbons (Fsp3) is 0.462. The SMILES string of the molecule is NC(=S)CN1CCN(Cc2ccc(F)c(F)c2)CC1. The van der Waals surface area contributed by atoms with Gasteiger partial charge in [0.2, 0.25) is 0 Å². The zero-order chi connectivity index (χ0) is 13.8. The number of nitrogens with two attached hydrogens (primary N) is 1. The molecule has 0 aromatic heterocycles. The number of piperazine rings is 1. The first-order valence-electron chi connectivity index (χ1n) is 6.21. The Kier molecular flexibility index (Phi) is 4.79. The largest absolute Gasteiger partial charge is 0.392 e. The lowest BCUT2D eigenvalue weighted by Gasteiger charge is -2.34. The summed E-state index contributed by atoms with van der Waals surface area (Å²) in [6.07, 6.45) is 0. The molecule has 2 N–H and O–H groups in total. The van der Waals surface area contributed by atoms with Crippen LogP contribution in [0.2, 0.25) is 0 Å². The molecule has 1 aliphatic rings. The standard InChI is InChI=1S/C13H17F2N3S/c14-11-2-1-10(7-12(11)15)8-17-3-5-18(6-4-17)9-13(16)19/h1-2,7H,3-6,8-9H2,(H2,16,19). The molecular weight excluding hydrogens is 268 g/mol.